The van der Waals surface area contributed by atoms with E-state index in [9.17, 15) is 18.0 Å². The van der Waals surface area contributed by atoms with Crippen LogP contribution in [0.1, 0.15) is 0 Å². The molecule has 2 atom stereocenters. The molecule has 3 rings (SSSR count). The van der Waals surface area contributed by atoms with E-state index < -0.39 is 23.1 Å². The molecule has 1 amide bonds. The number of carbonyl (C=O) groups is 1. The van der Waals surface area contributed by atoms with E-state index in [1.165, 1.54) is 0 Å². The average molecular weight is 352 g/mol. The zero-order valence-corrected chi connectivity index (χ0v) is 12.8. The van der Waals surface area contributed by atoms with Crippen LogP contribution in [0.4, 0.5) is 18.9 Å². The van der Waals surface area contributed by atoms with Crippen LogP contribution in [0.3, 0.4) is 0 Å². The van der Waals surface area contributed by atoms with Crippen molar-refractivity contribution in [3.8, 4) is 0 Å². The number of hydrogen-bond acceptors (Lipinski definition) is 3. The lowest BCUT2D eigenvalue weighted by molar-refractivity contribution is -0.114. The zero-order chi connectivity index (χ0) is 17.3. The van der Waals surface area contributed by atoms with E-state index in [4.69, 9.17) is 12.2 Å². The molecule has 1 aliphatic carbocycles. The molecule has 0 aromatic heterocycles. The van der Waals surface area contributed by atoms with E-state index in [2.05, 4.69) is 21.2 Å². The molecule has 1 heterocycles. The molecular weight excluding hydrogens is 341 g/mol. The number of rotatable bonds is 2. The second kappa shape index (κ2) is 6.44. The monoisotopic (exact) mass is 352 g/mol. The third-order valence-electron chi connectivity index (χ3n) is 3.50. The van der Waals surface area contributed by atoms with Crippen molar-refractivity contribution < 1.29 is 18.0 Å². The Morgan fingerprint density at radius 3 is 2.54 bits per heavy atom. The van der Waals surface area contributed by atoms with Crippen LogP contribution < -0.4 is 16.1 Å². The van der Waals surface area contributed by atoms with Gasteiger partial charge in [-0.15, -0.1) is 0 Å². The van der Waals surface area contributed by atoms with Crippen molar-refractivity contribution in [1.82, 2.24) is 10.7 Å². The standard InChI is InChI=1S/C15H11F3N4OS/c16-7-5-9(17)13(10(18)6-7)20-15(24)22-21-12-8-3-1-2-4-11(8)19-14(12)23/h1-6,8,11H,(H,19,23)(H2,20,22,24)/b21-12-. The lowest BCUT2D eigenvalue weighted by atomic mass is 9.95. The molecule has 0 radical (unpaired) electrons. The number of fused-ring (bicyclic) bond motifs is 1. The van der Waals surface area contributed by atoms with Crippen LogP contribution in [0, 0.1) is 23.4 Å². The molecular formula is C15H11F3N4OS. The minimum Gasteiger partial charge on any atom is -0.344 e. The molecule has 1 aliphatic heterocycles. The molecule has 2 aliphatic rings. The first-order valence-electron chi connectivity index (χ1n) is 6.90. The van der Waals surface area contributed by atoms with Crippen LogP contribution in [0.25, 0.3) is 0 Å². The fourth-order valence-electron chi connectivity index (χ4n) is 2.42. The number of nitrogens with zero attached hydrogens (tertiary/aromatic N) is 1. The SMILES string of the molecule is O=C1NC2C=CC=CC2/C1=N/NC(=S)Nc1c(F)cc(F)cc1F. The molecule has 1 fully saturated rings. The summed E-state index contributed by atoms with van der Waals surface area (Å²) in [6.45, 7) is 0. The molecule has 5 nitrogen and oxygen atoms in total. The highest BCUT2D eigenvalue weighted by molar-refractivity contribution is 7.80. The Bertz CT molecular complexity index is 783. The summed E-state index contributed by atoms with van der Waals surface area (Å²) in [7, 11) is 0. The third-order valence-corrected chi connectivity index (χ3v) is 3.70. The molecule has 124 valence electrons. The minimum atomic E-state index is -1.14. The van der Waals surface area contributed by atoms with Gasteiger partial charge < -0.3 is 10.6 Å². The highest BCUT2D eigenvalue weighted by atomic mass is 32.1. The smallest absolute Gasteiger partial charge is 0.268 e. The molecule has 1 saturated heterocycles. The van der Waals surface area contributed by atoms with Crippen LogP contribution in [0.5, 0.6) is 0 Å². The number of allylic oxidation sites excluding steroid dienone is 2. The Morgan fingerprint density at radius 2 is 1.83 bits per heavy atom. The largest absolute Gasteiger partial charge is 0.344 e. The van der Waals surface area contributed by atoms with E-state index >= 15 is 0 Å². The lowest BCUT2D eigenvalue weighted by Crippen LogP contribution is -2.29. The van der Waals surface area contributed by atoms with E-state index in [0.29, 0.717) is 12.1 Å². The van der Waals surface area contributed by atoms with Gasteiger partial charge in [0, 0.05) is 12.1 Å². The van der Waals surface area contributed by atoms with Gasteiger partial charge in [0.05, 0.1) is 12.0 Å². The van der Waals surface area contributed by atoms with Crippen molar-refractivity contribution in [2.24, 2.45) is 11.0 Å². The molecule has 0 bridgehead atoms. The van der Waals surface area contributed by atoms with Crippen LogP contribution in [0.15, 0.2) is 41.5 Å². The summed E-state index contributed by atoms with van der Waals surface area (Å²) >= 11 is 4.89. The molecule has 1 aromatic rings. The minimum absolute atomic E-state index is 0.184. The van der Waals surface area contributed by atoms with Crippen molar-refractivity contribution in [2.45, 2.75) is 6.04 Å². The third kappa shape index (κ3) is 3.16. The molecule has 24 heavy (non-hydrogen) atoms. The summed E-state index contributed by atoms with van der Waals surface area (Å²) in [5, 5.41) is 8.65. The summed E-state index contributed by atoms with van der Waals surface area (Å²) in [5.74, 6) is -3.93. The summed E-state index contributed by atoms with van der Waals surface area (Å²) in [6.07, 6.45) is 7.23. The first-order chi connectivity index (χ1) is 11.5. The highest BCUT2D eigenvalue weighted by Crippen LogP contribution is 2.21. The topological polar surface area (TPSA) is 65.5 Å². The predicted octanol–water partition coefficient (Wildman–Crippen LogP) is 1.99. The Labute approximate surface area is 140 Å². The van der Waals surface area contributed by atoms with Gasteiger partial charge in [-0.1, -0.05) is 24.3 Å². The van der Waals surface area contributed by atoms with Gasteiger partial charge >= 0.3 is 0 Å². The number of carbonyl (C=O) groups excluding carboxylic acids is 1. The number of thiocarbonyl (C=S) groups is 1. The van der Waals surface area contributed by atoms with Gasteiger partial charge in [0.15, 0.2) is 16.7 Å². The van der Waals surface area contributed by atoms with Gasteiger partial charge in [0.25, 0.3) is 5.91 Å². The van der Waals surface area contributed by atoms with Crippen LogP contribution >= 0.6 is 12.2 Å². The van der Waals surface area contributed by atoms with Crippen LogP contribution in [0.2, 0.25) is 0 Å². The molecule has 3 N–H and O–H groups in total. The van der Waals surface area contributed by atoms with Crippen LogP contribution in [-0.4, -0.2) is 22.8 Å². The first-order valence-corrected chi connectivity index (χ1v) is 7.31. The number of hydrogen-bond donors (Lipinski definition) is 3. The Balaban J connectivity index is 1.71. The van der Waals surface area contributed by atoms with Crippen molar-refractivity contribution in [3.63, 3.8) is 0 Å². The summed E-state index contributed by atoms with van der Waals surface area (Å²) in [6, 6.07) is 0.860. The second-order valence-corrected chi connectivity index (χ2v) is 5.51. The first kappa shape index (κ1) is 16.2. The second-order valence-electron chi connectivity index (χ2n) is 5.10. The molecule has 9 heteroatoms. The van der Waals surface area contributed by atoms with Gasteiger partial charge in [0.1, 0.15) is 17.2 Å². The van der Waals surface area contributed by atoms with Gasteiger partial charge in [-0.2, -0.15) is 5.10 Å². The molecule has 2 unspecified atom stereocenters. The normalized spacial score (nSPS) is 23.1. The summed E-state index contributed by atoms with van der Waals surface area (Å²) < 4.78 is 40.0. The number of anilines is 1. The number of hydrazone groups is 1. The van der Waals surface area contributed by atoms with Gasteiger partial charge in [-0.05, 0) is 12.2 Å². The zero-order valence-electron chi connectivity index (χ0n) is 12.0. The number of nitrogens with one attached hydrogen (secondary N) is 3. The Kier molecular flexibility index (Phi) is 4.34. The number of benzene rings is 1. The lowest BCUT2D eigenvalue weighted by Gasteiger charge is -2.14. The quantitative estimate of drug-likeness (QED) is 0.563. The molecule has 1 aromatic carbocycles. The molecule has 0 spiro atoms. The average Bonchev–Trinajstić information content (AvgIpc) is 2.84. The molecule has 0 saturated carbocycles. The predicted molar refractivity (Wildman–Crippen MR) is 86.8 cm³/mol. The highest BCUT2D eigenvalue weighted by Gasteiger charge is 2.37. The van der Waals surface area contributed by atoms with Gasteiger partial charge in [-0.3, -0.25) is 10.2 Å². The fourth-order valence-corrected chi connectivity index (χ4v) is 2.57. The van der Waals surface area contributed by atoms with Crippen molar-refractivity contribution in [3.05, 3.63) is 53.9 Å². The van der Waals surface area contributed by atoms with Gasteiger partial charge in [-0.25, -0.2) is 13.2 Å². The number of halogens is 3. The van der Waals surface area contributed by atoms with E-state index in [1.54, 1.807) is 12.2 Å². The van der Waals surface area contributed by atoms with E-state index in [-0.39, 0.29) is 28.7 Å². The Hall–Kier alpha value is -2.68. The van der Waals surface area contributed by atoms with E-state index in [0.717, 1.165) is 0 Å². The maximum Gasteiger partial charge on any atom is 0.268 e. The van der Waals surface area contributed by atoms with Crippen molar-refractivity contribution in [2.75, 3.05) is 5.32 Å². The van der Waals surface area contributed by atoms with Crippen LogP contribution in [-0.2, 0) is 4.79 Å². The fraction of sp³-hybridized carbons (Fsp3) is 0.133. The summed E-state index contributed by atoms with van der Waals surface area (Å²) in [5.41, 5.74) is 1.96. The van der Waals surface area contributed by atoms with Gasteiger partial charge in [0.2, 0.25) is 0 Å². The van der Waals surface area contributed by atoms with E-state index in [1.807, 2.05) is 12.2 Å². The maximum atomic E-state index is 13.5. The van der Waals surface area contributed by atoms with Crippen molar-refractivity contribution in [1.29, 1.82) is 0 Å². The number of amides is 1. The Morgan fingerprint density at radius 1 is 1.17 bits per heavy atom. The maximum absolute atomic E-state index is 13.5. The van der Waals surface area contributed by atoms with Crippen molar-refractivity contribution >= 4 is 34.6 Å². The summed E-state index contributed by atoms with van der Waals surface area (Å²) in [4.78, 5) is 11.9.